The monoisotopic (exact) mass is 382 g/mol. The maximum Gasteiger partial charge on any atom is 0.255 e. The van der Waals surface area contributed by atoms with Gasteiger partial charge in [-0.25, -0.2) is 0 Å². The Balaban J connectivity index is 1.65. The number of pyridine rings is 1. The molecule has 0 aliphatic carbocycles. The lowest BCUT2D eigenvalue weighted by Gasteiger charge is -2.09. The Bertz CT molecular complexity index is 838. The predicted octanol–water partition coefficient (Wildman–Crippen LogP) is 4.68. The zero-order valence-corrected chi connectivity index (χ0v) is 14.4. The minimum Gasteiger partial charge on any atom is -0.487 e. The van der Waals surface area contributed by atoms with Crippen LogP contribution < -0.4 is 10.1 Å². The molecule has 3 aromatic rings. The van der Waals surface area contributed by atoms with Crippen molar-refractivity contribution < 1.29 is 9.53 Å². The lowest BCUT2D eigenvalue weighted by Crippen LogP contribution is -2.11. The van der Waals surface area contributed by atoms with Gasteiger partial charge in [0.1, 0.15) is 12.4 Å². The molecule has 3 rings (SSSR count). The Morgan fingerprint density at radius 2 is 1.92 bits per heavy atom. The van der Waals surface area contributed by atoms with Crippen LogP contribution >= 0.6 is 15.9 Å². The maximum absolute atomic E-state index is 12.3. The van der Waals surface area contributed by atoms with Gasteiger partial charge in [-0.15, -0.1) is 0 Å². The molecular weight excluding hydrogens is 368 g/mol. The minimum absolute atomic E-state index is 0.168. The topological polar surface area (TPSA) is 51.2 Å². The number of carbonyl (C=O) groups is 1. The Morgan fingerprint density at radius 3 is 2.71 bits per heavy atom. The van der Waals surface area contributed by atoms with Crippen LogP contribution in [0.5, 0.6) is 5.75 Å². The molecule has 1 amide bonds. The fourth-order valence-electron chi connectivity index (χ4n) is 2.14. The molecule has 4 nitrogen and oxygen atoms in total. The number of anilines is 1. The van der Waals surface area contributed by atoms with Crippen LogP contribution in [0.2, 0.25) is 0 Å². The Hall–Kier alpha value is -2.66. The lowest BCUT2D eigenvalue weighted by atomic mass is 10.2. The summed E-state index contributed by atoms with van der Waals surface area (Å²) in [5.74, 6) is 0.505. The summed E-state index contributed by atoms with van der Waals surface area (Å²) in [4.78, 5) is 16.5. The van der Waals surface area contributed by atoms with Crippen molar-refractivity contribution >= 4 is 27.5 Å². The van der Waals surface area contributed by atoms with Crippen LogP contribution in [-0.2, 0) is 6.61 Å². The Kier molecular flexibility index (Phi) is 5.23. The molecule has 0 fully saturated rings. The fraction of sp³-hybridized carbons (Fsp3) is 0.0526. The molecule has 0 atom stereocenters. The normalized spacial score (nSPS) is 10.2. The van der Waals surface area contributed by atoms with Crippen molar-refractivity contribution in [2.45, 2.75) is 6.61 Å². The van der Waals surface area contributed by atoms with E-state index in [1.54, 1.807) is 24.4 Å². The van der Waals surface area contributed by atoms with Gasteiger partial charge in [0.25, 0.3) is 5.91 Å². The number of hydrogen-bond donors (Lipinski definition) is 1. The molecule has 120 valence electrons. The number of nitrogens with zero attached hydrogens (tertiary/aromatic N) is 1. The molecule has 1 heterocycles. The van der Waals surface area contributed by atoms with E-state index in [2.05, 4.69) is 26.2 Å². The van der Waals surface area contributed by atoms with E-state index < -0.39 is 0 Å². The van der Waals surface area contributed by atoms with Crippen LogP contribution in [0, 0.1) is 0 Å². The zero-order valence-electron chi connectivity index (χ0n) is 12.8. The number of benzene rings is 2. The van der Waals surface area contributed by atoms with Crippen molar-refractivity contribution in [2.24, 2.45) is 0 Å². The first-order chi connectivity index (χ1) is 11.7. The molecule has 0 saturated heterocycles. The number of carbonyl (C=O) groups excluding carboxylic acids is 1. The molecule has 2 aromatic carbocycles. The summed E-state index contributed by atoms with van der Waals surface area (Å²) in [6.45, 7) is 0.379. The highest BCUT2D eigenvalue weighted by molar-refractivity contribution is 9.10. The highest BCUT2D eigenvalue weighted by Gasteiger charge is 2.07. The summed E-state index contributed by atoms with van der Waals surface area (Å²) in [7, 11) is 0. The third kappa shape index (κ3) is 4.43. The van der Waals surface area contributed by atoms with Crippen LogP contribution in [0.1, 0.15) is 16.1 Å². The molecule has 0 spiro atoms. The van der Waals surface area contributed by atoms with Gasteiger partial charge in [0, 0.05) is 28.0 Å². The van der Waals surface area contributed by atoms with Crippen molar-refractivity contribution in [3.8, 4) is 5.75 Å². The van der Waals surface area contributed by atoms with E-state index in [4.69, 9.17) is 4.74 Å². The quantitative estimate of drug-likeness (QED) is 0.696. The fourth-order valence-corrected chi connectivity index (χ4v) is 2.54. The first-order valence-electron chi connectivity index (χ1n) is 7.40. The molecule has 1 N–H and O–H groups in total. The van der Waals surface area contributed by atoms with Gasteiger partial charge in [0.2, 0.25) is 0 Å². The van der Waals surface area contributed by atoms with Crippen LogP contribution in [0.15, 0.2) is 77.4 Å². The lowest BCUT2D eigenvalue weighted by molar-refractivity contribution is 0.102. The predicted molar refractivity (Wildman–Crippen MR) is 97.1 cm³/mol. The molecule has 24 heavy (non-hydrogen) atoms. The molecule has 1 aromatic heterocycles. The molecular formula is C19H15BrN2O2. The third-order valence-electron chi connectivity index (χ3n) is 3.29. The van der Waals surface area contributed by atoms with Crippen molar-refractivity contribution in [2.75, 3.05) is 5.32 Å². The van der Waals surface area contributed by atoms with E-state index in [0.29, 0.717) is 23.6 Å². The van der Waals surface area contributed by atoms with Crippen molar-refractivity contribution in [1.82, 2.24) is 4.98 Å². The Labute approximate surface area is 148 Å². The molecule has 0 aliphatic rings. The summed E-state index contributed by atoms with van der Waals surface area (Å²) in [5, 5.41) is 2.87. The molecule has 0 bridgehead atoms. The number of amides is 1. The molecule has 0 unspecified atom stereocenters. The standard InChI is InChI=1S/C19H15BrN2O2/c20-15-6-3-5-14(11-15)19(23)22-16-8-4-9-18(12-16)24-13-17-7-1-2-10-21-17/h1-12H,13H2,(H,22,23). The Morgan fingerprint density at radius 1 is 1.04 bits per heavy atom. The summed E-state index contributed by atoms with van der Waals surface area (Å²) in [6, 6.07) is 20.2. The summed E-state index contributed by atoms with van der Waals surface area (Å²) < 4.78 is 6.58. The van der Waals surface area contributed by atoms with Crippen molar-refractivity contribution in [1.29, 1.82) is 0 Å². The molecule has 0 radical (unpaired) electrons. The largest absolute Gasteiger partial charge is 0.487 e. The second-order valence-electron chi connectivity index (χ2n) is 5.10. The van der Waals surface area contributed by atoms with Gasteiger partial charge in [0.05, 0.1) is 5.69 Å². The summed E-state index contributed by atoms with van der Waals surface area (Å²) >= 11 is 3.36. The molecule has 0 aliphatic heterocycles. The second kappa shape index (κ2) is 7.75. The minimum atomic E-state index is -0.168. The van der Waals surface area contributed by atoms with Crippen LogP contribution in [0.3, 0.4) is 0 Å². The maximum atomic E-state index is 12.3. The third-order valence-corrected chi connectivity index (χ3v) is 3.78. The van der Waals surface area contributed by atoms with Gasteiger partial charge in [0.15, 0.2) is 0 Å². The van der Waals surface area contributed by atoms with Crippen molar-refractivity contribution in [3.05, 3.63) is 88.7 Å². The van der Waals surface area contributed by atoms with Crippen LogP contribution in [0.4, 0.5) is 5.69 Å². The average molecular weight is 383 g/mol. The highest BCUT2D eigenvalue weighted by Crippen LogP contribution is 2.20. The summed E-state index contributed by atoms with van der Waals surface area (Å²) in [6.07, 6.45) is 1.73. The van der Waals surface area contributed by atoms with Gasteiger partial charge in [-0.3, -0.25) is 9.78 Å². The van der Waals surface area contributed by atoms with E-state index in [1.807, 2.05) is 48.5 Å². The molecule has 0 saturated carbocycles. The van der Waals surface area contributed by atoms with Crippen LogP contribution in [0.25, 0.3) is 0 Å². The van der Waals surface area contributed by atoms with Gasteiger partial charge in [-0.2, -0.15) is 0 Å². The van der Waals surface area contributed by atoms with Crippen LogP contribution in [-0.4, -0.2) is 10.9 Å². The van der Waals surface area contributed by atoms with E-state index in [9.17, 15) is 4.79 Å². The number of aromatic nitrogens is 1. The number of rotatable bonds is 5. The molecule has 5 heteroatoms. The number of hydrogen-bond acceptors (Lipinski definition) is 3. The summed E-state index contributed by atoms with van der Waals surface area (Å²) in [5.41, 5.74) is 2.11. The highest BCUT2D eigenvalue weighted by atomic mass is 79.9. The average Bonchev–Trinajstić information content (AvgIpc) is 2.61. The first-order valence-corrected chi connectivity index (χ1v) is 8.20. The van der Waals surface area contributed by atoms with Gasteiger partial charge in [-0.05, 0) is 42.5 Å². The van der Waals surface area contributed by atoms with E-state index in [1.165, 1.54) is 0 Å². The van der Waals surface area contributed by atoms with Gasteiger partial charge >= 0.3 is 0 Å². The number of halogens is 1. The zero-order chi connectivity index (χ0) is 16.8. The van der Waals surface area contributed by atoms with E-state index in [0.717, 1.165) is 10.2 Å². The van der Waals surface area contributed by atoms with Gasteiger partial charge in [-0.1, -0.05) is 34.1 Å². The number of ether oxygens (including phenoxy) is 1. The SMILES string of the molecule is O=C(Nc1cccc(OCc2ccccn2)c1)c1cccc(Br)c1. The number of nitrogens with one attached hydrogen (secondary N) is 1. The van der Waals surface area contributed by atoms with Crippen molar-refractivity contribution in [3.63, 3.8) is 0 Å². The smallest absolute Gasteiger partial charge is 0.255 e. The van der Waals surface area contributed by atoms with E-state index in [-0.39, 0.29) is 5.91 Å². The van der Waals surface area contributed by atoms with E-state index >= 15 is 0 Å². The second-order valence-corrected chi connectivity index (χ2v) is 6.02. The first kappa shape index (κ1) is 16.2. The van der Waals surface area contributed by atoms with Gasteiger partial charge < -0.3 is 10.1 Å².